The van der Waals surface area contributed by atoms with E-state index >= 15 is 0 Å². The molecule has 2 saturated carbocycles. The molecule has 0 radical (unpaired) electrons. The van der Waals surface area contributed by atoms with E-state index in [1.807, 2.05) is 0 Å². The molecule has 0 aromatic carbocycles. The third kappa shape index (κ3) is 1.67. The zero-order valence-corrected chi connectivity index (χ0v) is 7.92. The van der Waals surface area contributed by atoms with Gasteiger partial charge in [0.15, 0.2) is 0 Å². The van der Waals surface area contributed by atoms with Gasteiger partial charge in [0.25, 0.3) is 0 Å². The first-order valence-electron chi connectivity index (χ1n) is 5.21. The van der Waals surface area contributed by atoms with Crippen LogP contribution in [-0.4, -0.2) is 12.1 Å². The normalized spacial score (nSPS) is 39.7. The van der Waals surface area contributed by atoms with E-state index in [9.17, 15) is 9.59 Å². The highest BCUT2D eigenvalue weighted by Crippen LogP contribution is 2.48. The van der Waals surface area contributed by atoms with E-state index in [1.165, 1.54) is 0 Å². The quantitative estimate of drug-likeness (QED) is 0.579. The second kappa shape index (κ2) is 3.24. The van der Waals surface area contributed by atoms with Gasteiger partial charge in [0, 0.05) is 18.8 Å². The Balaban J connectivity index is 1.97. The van der Waals surface area contributed by atoms with Gasteiger partial charge in [-0.15, -0.1) is 0 Å². The fourth-order valence-electron chi connectivity index (χ4n) is 2.81. The number of Topliss-reactive ketones (excluding diaryl/α,β-unsaturated/α-hetero) is 1. The molecule has 2 heteroatoms. The Hall–Kier alpha value is -0.660. The molecule has 0 bridgehead atoms. The summed E-state index contributed by atoms with van der Waals surface area (Å²) in [5.74, 6) is 0.714. The van der Waals surface area contributed by atoms with E-state index in [0.717, 1.165) is 51.2 Å². The number of carbonyl (C=O) groups is 2. The number of rotatable bonds is 1. The average Bonchev–Trinajstić information content (AvgIpc) is 2.49. The Morgan fingerprint density at radius 2 is 1.92 bits per heavy atom. The molecule has 72 valence electrons. The van der Waals surface area contributed by atoms with E-state index < -0.39 is 0 Å². The van der Waals surface area contributed by atoms with Gasteiger partial charge in [-0.25, -0.2) is 0 Å². The van der Waals surface area contributed by atoms with Crippen molar-refractivity contribution in [3.8, 4) is 0 Å². The molecular formula is C11H16O2. The van der Waals surface area contributed by atoms with Crippen molar-refractivity contribution < 1.29 is 9.59 Å². The zero-order valence-electron chi connectivity index (χ0n) is 7.92. The van der Waals surface area contributed by atoms with Gasteiger partial charge in [0.2, 0.25) is 0 Å². The van der Waals surface area contributed by atoms with Gasteiger partial charge >= 0.3 is 0 Å². The van der Waals surface area contributed by atoms with Crippen LogP contribution in [0.5, 0.6) is 0 Å². The number of hydrogen-bond acceptors (Lipinski definition) is 2. The summed E-state index contributed by atoms with van der Waals surface area (Å²) >= 11 is 0. The highest BCUT2D eigenvalue weighted by Gasteiger charge is 2.40. The van der Waals surface area contributed by atoms with Crippen LogP contribution in [0.15, 0.2) is 0 Å². The molecular weight excluding hydrogens is 164 g/mol. The van der Waals surface area contributed by atoms with Crippen molar-refractivity contribution in [1.29, 1.82) is 0 Å². The summed E-state index contributed by atoms with van der Waals surface area (Å²) in [6, 6.07) is 0. The van der Waals surface area contributed by atoms with Crippen LogP contribution in [0.1, 0.15) is 44.9 Å². The fraction of sp³-hybridized carbons (Fsp3) is 0.818. The first kappa shape index (κ1) is 8.92. The molecule has 2 aliphatic rings. The van der Waals surface area contributed by atoms with Crippen LogP contribution in [0.4, 0.5) is 0 Å². The van der Waals surface area contributed by atoms with Gasteiger partial charge in [-0.1, -0.05) is 0 Å². The van der Waals surface area contributed by atoms with Crippen molar-refractivity contribution >= 4 is 12.1 Å². The van der Waals surface area contributed by atoms with Crippen molar-refractivity contribution in [2.24, 2.45) is 11.3 Å². The first-order valence-corrected chi connectivity index (χ1v) is 5.21. The summed E-state index contributed by atoms with van der Waals surface area (Å²) in [6.45, 7) is 0. The van der Waals surface area contributed by atoms with Crippen molar-refractivity contribution in [2.75, 3.05) is 0 Å². The van der Waals surface area contributed by atoms with Crippen LogP contribution in [-0.2, 0) is 9.59 Å². The molecule has 2 rings (SSSR count). The maximum Gasteiger partial charge on any atom is 0.133 e. The van der Waals surface area contributed by atoms with E-state index in [-0.39, 0.29) is 5.92 Å². The van der Waals surface area contributed by atoms with E-state index in [0.29, 0.717) is 11.2 Å². The predicted molar refractivity (Wildman–Crippen MR) is 49.3 cm³/mol. The third-order valence-corrected chi connectivity index (χ3v) is 3.79. The minimum Gasteiger partial charge on any atom is -0.303 e. The highest BCUT2D eigenvalue weighted by atomic mass is 16.1. The highest BCUT2D eigenvalue weighted by molar-refractivity contribution is 5.81. The Morgan fingerprint density at radius 3 is 2.38 bits per heavy atom. The zero-order chi connectivity index (χ0) is 9.31. The summed E-state index contributed by atoms with van der Waals surface area (Å²) in [7, 11) is 0. The third-order valence-electron chi connectivity index (χ3n) is 3.79. The second-order valence-electron chi connectivity index (χ2n) is 4.69. The molecule has 0 aliphatic heterocycles. The molecule has 2 aliphatic carbocycles. The molecule has 0 amide bonds. The number of hydrogen-bond donors (Lipinski definition) is 0. The van der Waals surface area contributed by atoms with Gasteiger partial charge in [0.05, 0.1) is 0 Å². The summed E-state index contributed by atoms with van der Waals surface area (Å²) in [5.41, 5.74) is 0.316. The molecule has 0 heterocycles. The van der Waals surface area contributed by atoms with Crippen LogP contribution in [0.3, 0.4) is 0 Å². The van der Waals surface area contributed by atoms with Crippen molar-refractivity contribution in [3.05, 3.63) is 0 Å². The van der Waals surface area contributed by atoms with Crippen LogP contribution in [0, 0.1) is 11.3 Å². The SMILES string of the molecule is O=CC1CCC2(CCC(=O)C2)CC1. The molecule has 0 saturated heterocycles. The molecule has 0 unspecified atom stereocenters. The second-order valence-corrected chi connectivity index (χ2v) is 4.69. The summed E-state index contributed by atoms with van der Waals surface area (Å²) in [5, 5.41) is 0. The fourth-order valence-corrected chi connectivity index (χ4v) is 2.81. The van der Waals surface area contributed by atoms with Crippen molar-refractivity contribution in [1.82, 2.24) is 0 Å². The lowest BCUT2D eigenvalue weighted by atomic mass is 9.70. The smallest absolute Gasteiger partial charge is 0.133 e. The van der Waals surface area contributed by atoms with Crippen LogP contribution < -0.4 is 0 Å². The van der Waals surface area contributed by atoms with Gasteiger partial charge in [0.1, 0.15) is 12.1 Å². The van der Waals surface area contributed by atoms with E-state index in [2.05, 4.69) is 0 Å². The Kier molecular flexibility index (Phi) is 2.22. The van der Waals surface area contributed by atoms with Crippen LogP contribution >= 0.6 is 0 Å². The van der Waals surface area contributed by atoms with Gasteiger partial charge in [-0.3, -0.25) is 4.79 Å². The number of aldehydes is 1. The standard InChI is InChI=1S/C11H16O2/c12-8-9-1-4-11(5-2-9)6-3-10(13)7-11/h8-9H,1-7H2. The molecule has 2 nitrogen and oxygen atoms in total. The molecule has 1 spiro atoms. The maximum absolute atomic E-state index is 11.2. The molecule has 0 aromatic rings. The van der Waals surface area contributed by atoms with Gasteiger partial charge < -0.3 is 4.79 Å². The minimum absolute atomic E-state index is 0.279. The summed E-state index contributed by atoms with van der Waals surface area (Å²) in [6.07, 6.45) is 7.96. The maximum atomic E-state index is 11.2. The van der Waals surface area contributed by atoms with Crippen LogP contribution in [0.25, 0.3) is 0 Å². The lowest BCUT2D eigenvalue weighted by Gasteiger charge is -2.34. The number of carbonyl (C=O) groups excluding carboxylic acids is 2. The lowest BCUT2D eigenvalue weighted by Crippen LogP contribution is -2.25. The predicted octanol–water partition coefficient (Wildman–Crippen LogP) is 2.11. The van der Waals surface area contributed by atoms with E-state index in [4.69, 9.17) is 0 Å². The van der Waals surface area contributed by atoms with E-state index in [1.54, 1.807) is 0 Å². The van der Waals surface area contributed by atoms with Crippen molar-refractivity contribution in [3.63, 3.8) is 0 Å². The molecule has 0 aromatic heterocycles. The van der Waals surface area contributed by atoms with Crippen LogP contribution in [0.2, 0.25) is 0 Å². The molecule has 2 fully saturated rings. The molecule has 0 N–H and O–H groups in total. The lowest BCUT2D eigenvalue weighted by molar-refractivity contribution is -0.118. The molecule has 0 atom stereocenters. The summed E-state index contributed by atoms with van der Waals surface area (Å²) < 4.78 is 0. The largest absolute Gasteiger partial charge is 0.303 e. The molecule has 13 heavy (non-hydrogen) atoms. The first-order chi connectivity index (χ1) is 6.24. The Bertz CT molecular complexity index is 224. The van der Waals surface area contributed by atoms with Crippen molar-refractivity contribution in [2.45, 2.75) is 44.9 Å². The van der Waals surface area contributed by atoms with Gasteiger partial charge in [-0.2, -0.15) is 0 Å². The number of ketones is 1. The average molecular weight is 180 g/mol. The minimum atomic E-state index is 0.279. The topological polar surface area (TPSA) is 34.1 Å². The summed E-state index contributed by atoms with van der Waals surface area (Å²) in [4.78, 5) is 21.8. The Morgan fingerprint density at radius 1 is 1.23 bits per heavy atom. The monoisotopic (exact) mass is 180 g/mol. The van der Waals surface area contributed by atoms with Gasteiger partial charge in [-0.05, 0) is 37.5 Å². The Labute approximate surface area is 78.7 Å².